The van der Waals surface area contributed by atoms with E-state index in [2.05, 4.69) is 13.8 Å². The van der Waals surface area contributed by atoms with E-state index in [-0.39, 0.29) is 25.2 Å². The van der Waals surface area contributed by atoms with Crippen LogP contribution in [-0.2, 0) is 19.1 Å². The summed E-state index contributed by atoms with van der Waals surface area (Å²) in [6, 6.07) is 0. The standard InChI is InChI=1S/C28H54O5/c1-3-5-7-9-10-11-12-13-14-15-16-17-19-21-23-28(31)33-26(24-29)25-32-27(30)22-20-18-8-6-4-2/h26,29H,3-25H2,1-2H3/t26-/m0/s1. The summed E-state index contributed by atoms with van der Waals surface area (Å²) >= 11 is 0. The third-order valence-electron chi connectivity index (χ3n) is 6.15. The zero-order chi connectivity index (χ0) is 24.4. The zero-order valence-electron chi connectivity index (χ0n) is 21.9. The second-order valence-corrected chi connectivity index (χ2v) is 9.49. The Balaban J connectivity index is 3.53. The van der Waals surface area contributed by atoms with Gasteiger partial charge < -0.3 is 14.6 Å². The summed E-state index contributed by atoms with van der Waals surface area (Å²) in [5, 5.41) is 9.39. The zero-order valence-corrected chi connectivity index (χ0v) is 21.9. The molecule has 196 valence electrons. The summed E-state index contributed by atoms with van der Waals surface area (Å²) in [5.41, 5.74) is 0. The molecule has 0 aromatic carbocycles. The first kappa shape index (κ1) is 31.9. The SMILES string of the molecule is CCCCCCCCCCCCCCCCC(=O)O[C@@H](CO)COC(=O)CCCCCCC. The van der Waals surface area contributed by atoms with Crippen LogP contribution in [0.2, 0.25) is 0 Å². The van der Waals surface area contributed by atoms with Gasteiger partial charge in [0.15, 0.2) is 6.10 Å². The number of carbonyl (C=O) groups excluding carboxylic acids is 2. The van der Waals surface area contributed by atoms with Crippen molar-refractivity contribution in [3.05, 3.63) is 0 Å². The van der Waals surface area contributed by atoms with Gasteiger partial charge in [0.05, 0.1) is 6.61 Å². The molecule has 33 heavy (non-hydrogen) atoms. The van der Waals surface area contributed by atoms with Crippen molar-refractivity contribution < 1.29 is 24.2 Å². The molecule has 0 bridgehead atoms. The molecule has 0 amide bonds. The number of rotatable bonds is 25. The van der Waals surface area contributed by atoms with Crippen LogP contribution in [0.15, 0.2) is 0 Å². The first-order valence-electron chi connectivity index (χ1n) is 14.1. The van der Waals surface area contributed by atoms with Gasteiger partial charge in [-0.15, -0.1) is 0 Å². The van der Waals surface area contributed by atoms with Crippen LogP contribution in [0.1, 0.15) is 149 Å². The highest BCUT2D eigenvalue weighted by Crippen LogP contribution is 2.14. The van der Waals surface area contributed by atoms with Crippen LogP contribution in [0.3, 0.4) is 0 Å². The Labute approximate surface area is 204 Å². The van der Waals surface area contributed by atoms with E-state index in [0.717, 1.165) is 38.5 Å². The molecule has 0 radical (unpaired) electrons. The molecule has 1 N–H and O–H groups in total. The average Bonchev–Trinajstić information content (AvgIpc) is 2.81. The number of esters is 2. The Morgan fingerprint density at radius 1 is 0.576 bits per heavy atom. The normalized spacial score (nSPS) is 12.0. The molecular formula is C28H54O5. The van der Waals surface area contributed by atoms with Gasteiger partial charge in [0, 0.05) is 12.8 Å². The quantitative estimate of drug-likeness (QED) is 0.109. The van der Waals surface area contributed by atoms with E-state index in [0.29, 0.717) is 12.8 Å². The minimum absolute atomic E-state index is 0.0607. The molecule has 0 aliphatic heterocycles. The summed E-state index contributed by atoms with van der Waals surface area (Å²) in [6.07, 6.45) is 23.2. The Morgan fingerprint density at radius 2 is 0.939 bits per heavy atom. The third kappa shape index (κ3) is 23.8. The number of hydrogen-bond acceptors (Lipinski definition) is 5. The molecule has 0 aliphatic rings. The molecule has 0 saturated carbocycles. The average molecular weight is 471 g/mol. The van der Waals surface area contributed by atoms with Gasteiger partial charge in [-0.2, -0.15) is 0 Å². The maximum atomic E-state index is 12.0. The number of aliphatic hydroxyl groups excluding tert-OH is 1. The number of ether oxygens (including phenoxy) is 2. The summed E-state index contributed by atoms with van der Waals surface area (Å²) < 4.78 is 10.4. The summed E-state index contributed by atoms with van der Waals surface area (Å²) in [6.45, 7) is 4.03. The van der Waals surface area contributed by atoms with Crippen LogP contribution < -0.4 is 0 Å². The van der Waals surface area contributed by atoms with Gasteiger partial charge in [-0.3, -0.25) is 9.59 Å². The highest BCUT2D eigenvalue weighted by Gasteiger charge is 2.16. The molecule has 0 rings (SSSR count). The smallest absolute Gasteiger partial charge is 0.306 e. The molecule has 0 heterocycles. The van der Waals surface area contributed by atoms with Crippen molar-refractivity contribution in [2.75, 3.05) is 13.2 Å². The monoisotopic (exact) mass is 470 g/mol. The summed E-state index contributed by atoms with van der Waals surface area (Å²) in [5.74, 6) is -0.600. The van der Waals surface area contributed by atoms with E-state index in [1.165, 1.54) is 83.5 Å². The van der Waals surface area contributed by atoms with Crippen LogP contribution in [0.4, 0.5) is 0 Å². The van der Waals surface area contributed by atoms with Gasteiger partial charge in [-0.25, -0.2) is 0 Å². The largest absolute Gasteiger partial charge is 0.462 e. The Hall–Kier alpha value is -1.10. The van der Waals surface area contributed by atoms with E-state index in [1.54, 1.807) is 0 Å². The fourth-order valence-electron chi connectivity index (χ4n) is 3.96. The second kappa shape index (κ2) is 25.5. The Kier molecular flexibility index (Phi) is 24.7. The number of hydrogen-bond donors (Lipinski definition) is 1. The van der Waals surface area contributed by atoms with Crippen molar-refractivity contribution in [1.29, 1.82) is 0 Å². The number of aliphatic hydroxyl groups is 1. The molecule has 0 aromatic heterocycles. The minimum Gasteiger partial charge on any atom is -0.462 e. The molecule has 5 heteroatoms. The van der Waals surface area contributed by atoms with E-state index in [1.807, 2.05) is 0 Å². The lowest BCUT2D eigenvalue weighted by Crippen LogP contribution is -2.28. The van der Waals surface area contributed by atoms with Gasteiger partial charge in [0.25, 0.3) is 0 Å². The molecule has 0 fully saturated rings. The Morgan fingerprint density at radius 3 is 1.33 bits per heavy atom. The number of carbonyl (C=O) groups is 2. The molecule has 0 unspecified atom stereocenters. The van der Waals surface area contributed by atoms with E-state index >= 15 is 0 Å². The molecular weight excluding hydrogens is 416 g/mol. The van der Waals surface area contributed by atoms with Gasteiger partial charge in [-0.05, 0) is 12.8 Å². The lowest BCUT2D eigenvalue weighted by molar-refractivity contribution is -0.161. The van der Waals surface area contributed by atoms with Crippen molar-refractivity contribution in [3.8, 4) is 0 Å². The molecule has 1 atom stereocenters. The topological polar surface area (TPSA) is 72.8 Å². The van der Waals surface area contributed by atoms with Gasteiger partial charge in [0.2, 0.25) is 0 Å². The van der Waals surface area contributed by atoms with E-state index in [9.17, 15) is 14.7 Å². The Bertz CT molecular complexity index is 438. The van der Waals surface area contributed by atoms with Crippen LogP contribution in [-0.4, -0.2) is 36.4 Å². The van der Waals surface area contributed by atoms with Crippen LogP contribution >= 0.6 is 0 Å². The van der Waals surface area contributed by atoms with Crippen molar-refractivity contribution in [1.82, 2.24) is 0 Å². The van der Waals surface area contributed by atoms with Gasteiger partial charge >= 0.3 is 11.9 Å². The highest BCUT2D eigenvalue weighted by molar-refractivity contribution is 5.70. The molecule has 0 saturated heterocycles. The fourth-order valence-corrected chi connectivity index (χ4v) is 3.96. The summed E-state index contributed by atoms with van der Waals surface area (Å²) in [7, 11) is 0. The lowest BCUT2D eigenvalue weighted by atomic mass is 10.0. The van der Waals surface area contributed by atoms with E-state index < -0.39 is 6.10 Å². The van der Waals surface area contributed by atoms with Crippen LogP contribution in [0, 0.1) is 0 Å². The second-order valence-electron chi connectivity index (χ2n) is 9.49. The van der Waals surface area contributed by atoms with Crippen LogP contribution in [0.5, 0.6) is 0 Å². The van der Waals surface area contributed by atoms with Crippen molar-refractivity contribution >= 4 is 11.9 Å². The van der Waals surface area contributed by atoms with Crippen molar-refractivity contribution in [3.63, 3.8) is 0 Å². The van der Waals surface area contributed by atoms with E-state index in [4.69, 9.17) is 9.47 Å². The molecule has 0 aromatic rings. The summed E-state index contributed by atoms with van der Waals surface area (Å²) in [4.78, 5) is 23.7. The predicted molar refractivity (Wildman–Crippen MR) is 136 cm³/mol. The first-order chi connectivity index (χ1) is 16.1. The van der Waals surface area contributed by atoms with Crippen molar-refractivity contribution in [2.24, 2.45) is 0 Å². The third-order valence-corrected chi connectivity index (χ3v) is 6.15. The highest BCUT2D eigenvalue weighted by atomic mass is 16.6. The van der Waals surface area contributed by atoms with Crippen molar-refractivity contribution in [2.45, 2.75) is 155 Å². The van der Waals surface area contributed by atoms with Crippen LogP contribution in [0.25, 0.3) is 0 Å². The minimum atomic E-state index is -0.756. The molecule has 5 nitrogen and oxygen atoms in total. The first-order valence-corrected chi connectivity index (χ1v) is 14.1. The number of unbranched alkanes of at least 4 members (excludes halogenated alkanes) is 17. The van der Waals surface area contributed by atoms with Gasteiger partial charge in [0.1, 0.15) is 6.61 Å². The predicted octanol–water partition coefficient (Wildman–Crippen LogP) is 7.67. The van der Waals surface area contributed by atoms with Gasteiger partial charge in [-0.1, -0.05) is 123 Å². The molecule has 0 spiro atoms. The maximum Gasteiger partial charge on any atom is 0.306 e. The lowest BCUT2D eigenvalue weighted by Gasteiger charge is -2.15. The maximum absolute atomic E-state index is 12.0. The molecule has 0 aliphatic carbocycles. The fraction of sp³-hybridized carbons (Fsp3) is 0.929.